The van der Waals surface area contributed by atoms with Crippen molar-refractivity contribution in [3.05, 3.63) is 87.5 Å². The Bertz CT molecular complexity index is 1290. The molecule has 0 aliphatic heterocycles. The van der Waals surface area contributed by atoms with E-state index in [4.69, 9.17) is 4.42 Å². The van der Waals surface area contributed by atoms with Gasteiger partial charge in [0.05, 0.1) is 4.92 Å². The van der Waals surface area contributed by atoms with Crippen LogP contribution in [0.1, 0.15) is 41.3 Å². The number of benzene rings is 3. The maximum absolute atomic E-state index is 12.6. The molecule has 1 heterocycles. The van der Waals surface area contributed by atoms with Gasteiger partial charge in [-0.15, -0.1) is 0 Å². The van der Waals surface area contributed by atoms with Crippen LogP contribution in [0.3, 0.4) is 0 Å². The highest BCUT2D eigenvalue weighted by molar-refractivity contribution is 6.05. The standard InChI is InChI=1S/C24H21N3O4/c1-14(2)17-8-11-22-21(12-17)26-24(31-22)18-5-4-15(3)20(13-18)25-23(28)16-6-9-19(10-7-16)27(29)30/h4-14H,1-3H3,(H,25,28). The number of aryl methyl sites for hydroxylation is 1. The van der Waals surface area contributed by atoms with E-state index in [0.29, 0.717) is 28.6 Å². The lowest BCUT2D eigenvalue weighted by Gasteiger charge is -2.09. The predicted molar refractivity (Wildman–Crippen MR) is 119 cm³/mol. The van der Waals surface area contributed by atoms with Crippen LogP contribution in [0.25, 0.3) is 22.6 Å². The van der Waals surface area contributed by atoms with E-state index in [0.717, 1.165) is 16.6 Å². The van der Waals surface area contributed by atoms with Crippen LogP contribution in [-0.4, -0.2) is 15.8 Å². The molecule has 0 spiro atoms. The minimum atomic E-state index is -0.500. The molecule has 3 aromatic carbocycles. The number of hydrogen-bond donors (Lipinski definition) is 1. The second kappa shape index (κ2) is 8.02. The zero-order valence-electron chi connectivity index (χ0n) is 17.4. The Hall–Kier alpha value is -4.00. The molecule has 0 atom stereocenters. The molecule has 0 aliphatic carbocycles. The third-order valence-electron chi connectivity index (χ3n) is 5.15. The van der Waals surface area contributed by atoms with Gasteiger partial charge in [-0.3, -0.25) is 14.9 Å². The molecule has 0 saturated heterocycles. The molecule has 0 unspecified atom stereocenters. The van der Waals surface area contributed by atoms with Crippen molar-refractivity contribution in [3.63, 3.8) is 0 Å². The lowest BCUT2D eigenvalue weighted by molar-refractivity contribution is -0.384. The van der Waals surface area contributed by atoms with Crippen molar-refractivity contribution in [2.24, 2.45) is 0 Å². The maximum Gasteiger partial charge on any atom is 0.269 e. The number of oxazole rings is 1. The monoisotopic (exact) mass is 415 g/mol. The second-order valence-corrected chi connectivity index (χ2v) is 7.69. The Morgan fingerprint density at radius 3 is 2.48 bits per heavy atom. The first kappa shape index (κ1) is 20.3. The third-order valence-corrected chi connectivity index (χ3v) is 5.15. The Kier molecular flexibility index (Phi) is 5.25. The molecule has 31 heavy (non-hydrogen) atoms. The summed E-state index contributed by atoms with van der Waals surface area (Å²) >= 11 is 0. The summed E-state index contributed by atoms with van der Waals surface area (Å²) < 4.78 is 5.92. The van der Waals surface area contributed by atoms with E-state index < -0.39 is 4.92 Å². The van der Waals surface area contributed by atoms with Crippen molar-refractivity contribution in [2.75, 3.05) is 5.32 Å². The van der Waals surface area contributed by atoms with Gasteiger partial charge >= 0.3 is 0 Å². The van der Waals surface area contributed by atoms with Crippen molar-refractivity contribution in [1.82, 2.24) is 4.98 Å². The van der Waals surface area contributed by atoms with Crippen molar-refractivity contribution in [3.8, 4) is 11.5 Å². The molecular formula is C24H21N3O4. The van der Waals surface area contributed by atoms with E-state index in [1.165, 1.54) is 29.8 Å². The summed E-state index contributed by atoms with van der Waals surface area (Å²) in [5, 5.41) is 13.7. The van der Waals surface area contributed by atoms with Gasteiger partial charge in [0.2, 0.25) is 5.89 Å². The molecule has 156 valence electrons. The molecule has 0 bridgehead atoms. The second-order valence-electron chi connectivity index (χ2n) is 7.69. The minimum absolute atomic E-state index is 0.0636. The average molecular weight is 415 g/mol. The molecule has 1 aromatic heterocycles. The summed E-state index contributed by atoms with van der Waals surface area (Å²) in [7, 11) is 0. The lowest BCUT2D eigenvalue weighted by atomic mass is 10.0. The van der Waals surface area contributed by atoms with E-state index in [9.17, 15) is 14.9 Å². The minimum Gasteiger partial charge on any atom is -0.436 e. The molecule has 1 N–H and O–H groups in total. The third kappa shape index (κ3) is 4.16. The zero-order chi connectivity index (χ0) is 22.1. The number of non-ortho nitro benzene ring substituents is 1. The maximum atomic E-state index is 12.6. The number of fused-ring (bicyclic) bond motifs is 1. The molecule has 1 amide bonds. The van der Waals surface area contributed by atoms with Gasteiger partial charge < -0.3 is 9.73 Å². The van der Waals surface area contributed by atoms with Crippen LogP contribution in [0.5, 0.6) is 0 Å². The Balaban J connectivity index is 1.61. The number of carbonyl (C=O) groups is 1. The van der Waals surface area contributed by atoms with E-state index >= 15 is 0 Å². The fourth-order valence-electron chi connectivity index (χ4n) is 3.25. The number of nitrogens with one attached hydrogen (secondary N) is 1. The largest absolute Gasteiger partial charge is 0.436 e. The fraction of sp³-hybridized carbons (Fsp3) is 0.167. The molecule has 0 radical (unpaired) electrons. The molecular weight excluding hydrogens is 394 g/mol. The van der Waals surface area contributed by atoms with Gasteiger partial charge in [-0.25, -0.2) is 4.98 Å². The number of aromatic nitrogens is 1. The topological polar surface area (TPSA) is 98.3 Å². The van der Waals surface area contributed by atoms with Crippen LogP contribution in [0.4, 0.5) is 11.4 Å². The summed E-state index contributed by atoms with van der Waals surface area (Å²) in [6.45, 7) is 6.14. The molecule has 4 rings (SSSR count). The Morgan fingerprint density at radius 2 is 1.81 bits per heavy atom. The first-order chi connectivity index (χ1) is 14.8. The number of hydrogen-bond acceptors (Lipinski definition) is 5. The van der Waals surface area contributed by atoms with Crippen LogP contribution >= 0.6 is 0 Å². The van der Waals surface area contributed by atoms with Crippen LogP contribution < -0.4 is 5.32 Å². The van der Waals surface area contributed by atoms with E-state index in [2.05, 4.69) is 24.1 Å². The van der Waals surface area contributed by atoms with Crippen molar-refractivity contribution in [1.29, 1.82) is 0 Å². The van der Waals surface area contributed by atoms with Crippen molar-refractivity contribution >= 4 is 28.4 Å². The molecule has 0 fully saturated rings. The summed E-state index contributed by atoms with van der Waals surface area (Å²) in [5.74, 6) is 0.515. The van der Waals surface area contributed by atoms with Crippen LogP contribution in [0, 0.1) is 17.0 Å². The highest BCUT2D eigenvalue weighted by Crippen LogP contribution is 2.29. The van der Waals surface area contributed by atoms with Gasteiger partial charge in [0.25, 0.3) is 11.6 Å². The smallest absolute Gasteiger partial charge is 0.269 e. The van der Waals surface area contributed by atoms with Gasteiger partial charge in [0, 0.05) is 28.9 Å². The number of nitrogens with zero attached hydrogens (tertiary/aromatic N) is 2. The van der Waals surface area contributed by atoms with Gasteiger partial charge in [-0.05, 0) is 60.4 Å². The fourth-order valence-corrected chi connectivity index (χ4v) is 3.25. The first-order valence-electron chi connectivity index (χ1n) is 9.89. The zero-order valence-corrected chi connectivity index (χ0v) is 17.4. The van der Waals surface area contributed by atoms with Crippen molar-refractivity contribution in [2.45, 2.75) is 26.7 Å². The van der Waals surface area contributed by atoms with Crippen LogP contribution in [0.15, 0.2) is 65.1 Å². The number of amides is 1. The molecule has 7 heteroatoms. The molecule has 0 saturated carbocycles. The van der Waals surface area contributed by atoms with Crippen molar-refractivity contribution < 1.29 is 14.1 Å². The van der Waals surface area contributed by atoms with Gasteiger partial charge in [0.1, 0.15) is 5.52 Å². The Morgan fingerprint density at radius 1 is 1.06 bits per heavy atom. The summed E-state index contributed by atoms with van der Waals surface area (Å²) in [4.78, 5) is 27.5. The highest BCUT2D eigenvalue weighted by Gasteiger charge is 2.14. The molecule has 7 nitrogen and oxygen atoms in total. The average Bonchev–Trinajstić information content (AvgIpc) is 3.18. The summed E-state index contributed by atoms with van der Waals surface area (Å²) in [6, 6.07) is 17.0. The van der Waals surface area contributed by atoms with E-state index in [-0.39, 0.29) is 11.6 Å². The predicted octanol–water partition coefficient (Wildman–Crippen LogP) is 6.09. The number of carbonyl (C=O) groups excluding carboxylic acids is 1. The SMILES string of the molecule is Cc1ccc(-c2nc3cc(C(C)C)ccc3o2)cc1NC(=O)c1ccc([N+](=O)[O-])cc1. The normalized spacial score (nSPS) is 11.1. The summed E-state index contributed by atoms with van der Waals surface area (Å²) in [5.41, 5.74) is 5.18. The van der Waals surface area contributed by atoms with E-state index in [1.54, 1.807) is 0 Å². The molecule has 4 aromatic rings. The van der Waals surface area contributed by atoms with E-state index in [1.807, 2.05) is 43.3 Å². The molecule has 0 aliphatic rings. The highest BCUT2D eigenvalue weighted by atomic mass is 16.6. The number of anilines is 1. The van der Waals surface area contributed by atoms with Crippen LogP contribution in [-0.2, 0) is 0 Å². The van der Waals surface area contributed by atoms with Gasteiger partial charge in [-0.1, -0.05) is 26.0 Å². The lowest BCUT2D eigenvalue weighted by Crippen LogP contribution is -2.12. The number of rotatable bonds is 5. The quantitative estimate of drug-likeness (QED) is 0.314. The first-order valence-corrected chi connectivity index (χ1v) is 9.89. The summed E-state index contributed by atoms with van der Waals surface area (Å²) in [6.07, 6.45) is 0. The number of nitro benzene ring substituents is 1. The number of nitro groups is 1. The van der Waals surface area contributed by atoms with Crippen LogP contribution in [0.2, 0.25) is 0 Å². The van der Waals surface area contributed by atoms with Gasteiger partial charge in [-0.2, -0.15) is 0 Å². The van der Waals surface area contributed by atoms with Gasteiger partial charge in [0.15, 0.2) is 5.58 Å². The Labute approximate surface area is 178 Å².